The molecule has 2 saturated heterocycles. The molecule has 0 spiro atoms. The highest BCUT2D eigenvalue weighted by atomic mass is 19.4. The Morgan fingerprint density at radius 2 is 1.94 bits per heavy atom. The lowest BCUT2D eigenvalue weighted by Gasteiger charge is -2.35. The quantitative estimate of drug-likeness (QED) is 0.710. The van der Waals surface area contributed by atoms with E-state index in [2.05, 4.69) is 15.7 Å². The number of aromatic nitrogens is 2. The number of carbonyl (C=O) groups is 3. The van der Waals surface area contributed by atoms with Crippen LogP contribution in [-0.2, 0) is 15.8 Å². The van der Waals surface area contributed by atoms with E-state index in [1.165, 1.54) is 17.0 Å². The van der Waals surface area contributed by atoms with Crippen molar-refractivity contribution in [1.29, 1.82) is 0 Å². The second-order valence-corrected chi connectivity index (χ2v) is 8.76. The molecule has 0 saturated carbocycles. The van der Waals surface area contributed by atoms with Crippen molar-refractivity contribution >= 4 is 17.7 Å². The summed E-state index contributed by atoms with van der Waals surface area (Å²) in [5, 5.41) is 9.07. The molecule has 2 aliphatic rings. The standard InChI is InChI=1S/C22H24F3N5O3/c1-12(2)8-16-21(33)29-11-13(9-17(29)20(32)28-16)27-19(31)15-10-26-30(18(15)22(23,24)25)14-6-4-3-5-7-14/h3-7,10,12-13,16-17H,8-9,11H2,1-2H3,(H,27,31)(H,28,32)/t13-,16-,17-/m0/s1. The molecule has 3 atom stereocenters. The summed E-state index contributed by atoms with van der Waals surface area (Å²) in [6.07, 6.45) is -3.33. The molecule has 176 valence electrons. The number of benzene rings is 1. The maximum Gasteiger partial charge on any atom is 0.434 e. The minimum absolute atomic E-state index is 0.0609. The number of hydrogen-bond acceptors (Lipinski definition) is 4. The third-order valence-electron chi connectivity index (χ3n) is 5.83. The average Bonchev–Trinajstić information content (AvgIpc) is 3.37. The Bertz CT molecular complexity index is 1070. The van der Waals surface area contributed by atoms with Crippen molar-refractivity contribution < 1.29 is 27.6 Å². The fourth-order valence-corrected chi connectivity index (χ4v) is 4.41. The summed E-state index contributed by atoms with van der Waals surface area (Å²) in [7, 11) is 0. The molecule has 4 rings (SSSR count). The molecule has 2 N–H and O–H groups in total. The van der Waals surface area contributed by atoms with Crippen molar-refractivity contribution in [3.63, 3.8) is 0 Å². The van der Waals surface area contributed by atoms with Crippen molar-refractivity contribution in [3.05, 3.63) is 47.8 Å². The lowest BCUT2D eigenvalue weighted by atomic mass is 9.99. The largest absolute Gasteiger partial charge is 0.434 e. The van der Waals surface area contributed by atoms with E-state index in [0.29, 0.717) is 11.1 Å². The van der Waals surface area contributed by atoms with Crippen LogP contribution in [0.2, 0.25) is 0 Å². The lowest BCUT2D eigenvalue weighted by molar-refractivity contribution is -0.147. The zero-order valence-corrected chi connectivity index (χ0v) is 18.1. The van der Waals surface area contributed by atoms with Gasteiger partial charge in [-0.05, 0) is 30.9 Å². The molecule has 3 amide bonds. The number of amides is 3. The fraction of sp³-hybridized carbons (Fsp3) is 0.455. The summed E-state index contributed by atoms with van der Waals surface area (Å²) >= 11 is 0. The molecule has 8 nitrogen and oxygen atoms in total. The Balaban J connectivity index is 1.54. The van der Waals surface area contributed by atoms with E-state index in [-0.39, 0.29) is 36.4 Å². The molecule has 1 aromatic heterocycles. The maximum atomic E-state index is 13.8. The van der Waals surface area contributed by atoms with Crippen LogP contribution in [0.15, 0.2) is 36.5 Å². The SMILES string of the molecule is CC(C)C[C@@H]1NC(=O)[C@@H]2C[C@H](NC(=O)c3cnn(-c4ccccc4)c3C(F)(F)F)CN2C1=O. The van der Waals surface area contributed by atoms with E-state index < -0.39 is 41.5 Å². The highest BCUT2D eigenvalue weighted by molar-refractivity contribution is 5.98. The normalized spacial score (nSPS) is 23.0. The second-order valence-electron chi connectivity index (χ2n) is 8.76. The van der Waals surface area contributed by atoms with E-state index >= 15 is 0 Å². The number of nitrogens with zero attached hydrogens (tertiary/aromatic N) is 3. The second kappa shape index (κ2) is 8.53. The molecule has 2 fully saturated rings. The number of piperazine rings is 1. The topological polar surface area (TPSA) is 96.3 Å². The predicted octanol–water partition coefficient (Wildman–Crippen LogP) is 2.13. The van der Waals surface area contributed by atoms with Gasteiger partial charge < -0.3 is 15.5 Å². The summed E-state index contributed by atoms with van der Waals surface area (Å²) < 4.78 is 42.2. The van der Waals surface area contributed by atoms with Crippen LogP contribution in [0.25, 0.3) is 5.69 Å². The van der Waals surface area contributed by atoms with Crippen molar-refractivity contribution in [2.75, 3.05) is 6.54 Å². The number of halogens is 3. The van der Waals surface area contributed by atoms with E-state index in [0.717, 1.165) is 6.20 Å². The Morgan fingerprint density at radius 1 is 1.24 bits per heavy atom. The first-order chi connectivity index (χ1) is 15.6. The zero-order valence-electron chi connectivity index (χ0n) is 18.1. The fourth-order valence-electron chi connectivity index (χ4n) is 4.41. The van der Waals surface area contributed by atoms with E-state index in [4.69, 9.17) is 0 Å². The van der Waals surface area contributed by atoms with E-state index in [9.17, 15) is 27.6 Å². The lowest BCUT2D eigenvalue weighted by Crippen LogP contribution is -2.61. The smallest absolute Gasteiger partial charge is 0.347 e. The highest BCUT2D eigenvalue weighted by Gasteiger charge is 2.47. The van der Waals surface area contributed by atoms with Crippen LogP contribution >= 0.6 is 0 Å². The van der Waals surface area contributed by atoms with Crippen molar-refractivity contribution in [2.24, 2.45) is 5.92 Å². The minimum Gasteiger partial charge on any atom is -0.347 e. The molecule has 2 aromatic rings. The molecule has 11 heteroatoms. The van der Waals surface area contributed by atoms with Gasteiger partial charge in [-0.1, -0.05) is 32.0 Å². The number of carbonyl (C=O) groups excluding carboxylic acids is 3. The van der Waals surface area contributed by atoms with Gasteiger partial charge in [0.2, 0.25) is 11.8 Å². The molecule has 0 aliphatic carbocycles. The first-order valence-electron chi connectivity index (χ1n) is 10.7. The summed E-state index contributed by atoms with van der Waals surface area (Å²) in [4.78, 5) is 39.5. The molecular formula is C22H24F3N5O3. The number of para-hydroxylation sites is 1. The van der Waals surface area contributed by atoms with Crippen molar-refractivity contribution in [2.45, 2.75) is 51.0 Å². The summed E-state index contributed by atoms with van der Waals surface area (Å²) in [6, 6.07) is 5.67. The Labute approximate surface area is 188 Å². The third kappa shape index (κ3) is 4.44. The predicted molar refractivity (Wildman–Crippen MR) is 111 cm³/mol. The molecule has 0 radical (unpaired) electrons. The number of fused-ring (bicyclic) bond motifs is 1. The minimum atomic E-state index is -4.83. The first kappa shape index (κ1) is 22.8. The molecule has 0 bridgehead atoms. The monoisotopic (exact) mass is 463 g/mol. The number of nitrogens with one attached hydrogen (secondary N) is 2. The van der Waals surface area contributed by atoms with Crippen LogP contribution in [-0.4, -0.2) is 57.1 Å². The van der Waals surface area contributed by atoms with Gasteiger partial charge in [-0.3, -0.25) is 14.4 Å². The number of rotatable bonds is 5. The highest BCUT2D eigenvalue weighted by Crippen LogP contribution is 2.34. The molecular weight excluding hydrogens is 439 g/mol. The van der Waals surface area contributed by atoms with E-state index in [1.807, 2.05) is 13.8 Å². The molecule has 3 heterocycles. The Morgan fingerprint density at radius 3 is 2.58 bits per heavy atom. The van der Waals surface area contributed by atoms with Gasteiger partial charge in [-0.15, -0.1) is 0 Å². The van der Waals surface area contributed by atoms with Crippen LogP contribution in [0.4, 0.5) is 13.2 Å². The summed E-state index contributed by atoms with van der Waals surface area (Å²) in [6.45, 7) is 3.93. The van der Waals surface area contributed by atoms with Crippen LogP contribution in [0, 0.1) is 5.92 Å². The third-order valence-corrected chi connectivity index (χ3v) is 5.83. The molecule has 1 aromatic carbocycles. The van der Waals surface area contributed by atoms with E-state index in [1.54, 1.807) is 18.2 Å². The van der Waals surface area contributed by atoms with Gasteiger partial charge in [0.15, 0.2) is 5.69 Å². The van der Waals surface area contributed by atoms with Gasteiger partial charge >= 0.3 is 6.18 Å². The van der Waals surface area contributed by atoms with Crippen LogP contribution in [0.5, 0.6) is 0 Å². The van der Waals surface area contributed by atoms with Gasteiger partial charge in [-0.25, -0.2) is 4.68 Å². The van der Waals surface area contributed by atoms with Crippen LogP contribution in [0.1, 0.15) is 42.7 Å². The van der Waals surface area contributed by atoms with Crippen molar-refractivity contribution in [3.8, 4) is 5.69 Å². The number of hydrogen-bond donors (Lipinski definition) is 2. The van der Waals surface area contributed by atoms with Gasteiger partial charge in [0, 0.05) is 12.6 Å². The molecule has 33 heavy (non-hydrogen) atoms. The van der Waals surface area contributed by atoms with Crippen LogP contribution in [0.3, 0.4) is 0 Å². The Hall–Kier alpha value is -3.37. The number of alkyl halides is 3. The van der Waals surface area contributed by atoms with Crippen molar-refractivity contribution in [1.82, 2.24) is 25.3 Å². The summed E-state index contributed by atoms with van der Waals surface area (Å²) in [5.41, 5.74) is -1.64. The van der Waals surface area contributed by atoms with Gasteiger partial charge in [0.1, 0.15) is 12.1 Å². The first-order valence-corrected chi connectivity index (χ1v) is 10.7. The average molecular weight is 463 g/mol. The summed E-state index contributed by atoms with van der Waals surface area (Å²) in [5.74, 6) is -1.32. The van der Waals surface area contributed by atoms with Crippen LogP contribution < -0.4 is 10.6 Å². The van der Waals surface area contributed by atoms with Gasteiger partial charge in [0.05, 0.1) is 17.4 Å². The zero-order chi connectivity index (χ0) is 23.9. The van der Waals surface area contributed by atoms with Gasteiger partial charge in [-0.2, -0.15) is 18.3 Å². The molecule has 2 aliphatic heterocycles. The Kier molecular flexibility index (Phi) is 5.89. The molecule has 0 unspecified atom stereocenters. The van der Waals surface area contributed by atoms with Gasteiger partial charge in [0.25, 0.3) is 5.91 Å². The maximum absolute atomic E-state index is 13.8.